The normalized spacial score (nSPS) is 11.8. The highest BCUT2D eigenvalue weighted by atomic mass is 32.2. The Hall–Kier alpha value is -3.19. The van der Waals surface area contributed by atoms with Crippen molar-refractivity contribution in [3.05, 3.63) is 71.5 Å². The second kappa shape index (κ2) is 6.45. The van der Waals surface area contributed by atoms with Crippen LogP contribution in [0.5, 0.6) is 0 Å². The molecular weight excluding hydrogens is 376 g/mol. The summed E-state index contributed by atoms with van der Waals surface area (Å²) >= 11 is 0. The highest BCUT2D eigenvalue weighted by molar-refractivity contribution is 7.90. The first-order valence-corrected chi connectivity index (χ1v) is 10.1. The summed E-state index contributed by atoms with van der Waals surface area (Å²) in [5.41, 5.74) is 2.52. The number of methoxy groups -OCH3 is 1. The fourth-order valence-electron chi connectivity index (χ4n) is 3.42. The van der Waals surface area contributed by atoms with Gasteiger partial charge in [0.2, 0.25) is 0 Å². The van der Waals surface area contributed by atoms with Crippen molar-refractivity contribution in [1.29, 1.82) is 0 Å². The molecule has 2 aromatic carbocycles. The minimum absolute atomic E-state index is 0.0654. The van der Waals surface area contributed by atoms with Gasteiger partial charge in [-0.3, -0.25) is 0 Å². The lowest BCUT2D eigenvalue weighted by Crippen LogP contribution is -2.13. The molecule has 4 rings (SSSR count). The SMILES string of the molecule is COC(=O)c1cc2c(c(C)n1)c1ccccc1n2S(=O)(=O)c1ccc(C)cc1. The number of carbonyl (C=O) groups is 1. The number of fused-ring (bicyclic) bond motifs is 3. The zero-order valence-electron chi connectivity index (χ0n) is 15.6. The Morgan fingerprint density at radius 2 is 1.68 bits per heavy atom. The van der Waals surface area contributed by atoms with Crippen molar-refractivity contribution in [3.8, 4) is 0 Å². The van der Waals surface area contributed by atoms with Crippen LogP contribution in [0.3, 0.4) is 0 Å². The number of esters is 1. The van der Waals surface area contributed by atoms with Crippen LogP contribution in [0.4, 0.5) is 0 Å². The van der Waals surface area contributed by atoms with E-state index in [4.69, 9.17) is 4.74 Å². The summed E-state index contributed by atoms with van der Waals surface area (Å²) in [6.07, 6.45) is 0. The number of pyridine rings is 1. The highest BCUT2D eigenvalue weighted by Crippen LogP contribution is 2.34. The van der Waals surface area contributed by atoms with Gasteiger partial charge in [-0.15, -0.1) is 0 Å². The van der Waals surface area contributed by atoms with Crippen LogP contribution in [0.15, 0.2) is 59.5 Å². The van der Waals surface area contributed by atoms with Crippen LogP contribution in [-0.4, -0.2) is 30.5 Å². The Morgan fingerprint density at radius 3 is 2.36 bits per heavy atom. The number of carbonyl (C=O) groups excluding carboxylic acids is 1. The third kappa shape index (κ3) is 2.66. The van der Waals surface area contributed by atoms with Crippen molar-refractivity contribution < 1.29 is 17.9 Å². The van der Waals surface area contributed by atoms with E-state index in [9.17, 15) is 13.2 Å². The van der Waals surface area contributed by atoms with E-state index in [1.807, 2.05) is 19.1 Å². The molecule has 0 spiro atoms. The minimum atomic E-state index is -3.89. The van der Waals surface area contributed by atoms with Crippen molar-refractivity contribution >= 4 is 37.8 Å². The van der Waals surface area contributed by atoms with Crippen molar-refractivity contribution in [1.82, 2.24) is 8.96 Å². The highest BCUT2D eigenvalue weighted by Gasteiger charge is 2.25. The van der Waals surface area contributed by atoms with Crippen LogP contribution in [0.1, 0.15) is 21.7 Å². The average Bonchev–Trinajstić information content (AvgIpc) is 3.03. The molecule has 2 aromatic heterocycles. The number of aryl methyl sites for hydroxylation is 2. The first-order valence-electron chi connectivity index (χ1n) is 8.66. The molecule has 2 heterocycles. The average molecular weight is 394 g/mol. The molecule has 6 nitrogen and oxygen atoms in total. The molecular formula is C21H18N2O4S. The molecule has 0 bridgehead atoms. The molecule has 4 aromatic rings. The predicted octanol–water partition coefficient (Wildman–Crippen LogP) is 3.83. The third-order valence-electron chi connectivity index (χ3n) is 4.74. The maximum atomic E-state index is 13.5. The lowest BCUT2D eigenvalue weighted by Gasteiger charge is -2.10. The molecule has 0 unspecified atom stereocenters. The second-order valence-corrected chi connectivity index (χ2v) is 8.36. The van der Waals surface area contributed by atoms with Gasteiger partial charge in [0, 0.05) is 16.5 Å². The smallest absolute Gasteiger partial charge is 0.356 e. The van der Waals surface area contributed by atoms with Gasteiger partial charge in [-0.2, -0.15) is 0 Å². The minimum Gasteiger partial charge on any atom is -0.464 e. The number of aromatic nitrogens is 2. The molecule has 0 atom stereocenters. The van der Waals surface area contributed by atoms with Gasteiger partial charge in [0.25, 0.3) is 10.0 Å². The zero-order chi connectivity index (χ0) is 20.1. The summed E-state index contributed by atoms with van der Waals surface area (Å²) in [5, 5.41) is 1.45. The summed E-state index contributed by atoms with van der Waals surface area (Å²) in [5.74, 6) is -0.616. The van der Waals surface area contributed by atoms with Crippen molar-refractivity contribution in [2.45, 2.75) is 18.7 Å². The van der Waals surface area contributed by atoms with E-state index in [1.54, 1.807) is 43.3 Å². The van der Waals surface area contributed by atoms with Crippen LogP contribution in [0, 0.1) is 13.8 Å². The third-order valence-corrected chi connectivity index (χ3v) is 6.49. The van der Waals surface area contributed by atoms with E-state index in [2.05, 4.69) is 4.98 Å². The van der Waals surface area contributed by atoms with Gasteiger partial charge >= 0.3 is 5.97 Å². The zero-order valence-corrected chi connectivity index (χ0v) is 16.4. The first kappa shape index (κ1) is 18.2. The molecule has 0 amide bonds. The molecule has 0 fully saturated rings. The molecule has 0 radical (unpaired) electrons. The Morgan fingerprint density at radius 1 is 1.00 bits per heavy atom. The summed E-state index contributed by atoms with van der Waals surface area (Å²) in [7, 11) is -2.63. The quantitative estimate of drug-likeness (QED) is 0.494. The Labute approximate surface area is 162 Å². The fraction of sp³-hybridized carbons (Fsp3) is 0.143. The monoisotopic (exact) mass is 394 g/mol. The van der Waals surface area contributed by atoms with Crippen LogP contribution in [-0.2, 0) is 14.8 Å². The molecule has 0 N–H and O–H groups in total. The number of hydrogen-bond acceptors (Lipinski definition) is 5. The van der Waals surface area contributed by atoms with Crippen LogP contribution in [0.25, 0.3) is 21.8 Å². The summed E-state index contributed by atoms with van der Waals surface area (Å²) in [6, 6.07) is 15.4. The van der Waals surface area contributed by atoms with Crippen molar-refractivity contribution in [2.75, 3.05) is 7.11 Å². The predicted molar refractivity (Wildman–Crippen MR) is 107 cm³/mol. The maximum absolute atomic E-state index is 13.5. The molecule has 142 valence electrons. The van der Waals surface area contributed by atoms with Crippen LogP contribution in [0.2, 0.25) is 0 Å². The fourth-order valence-corrected chi connectivity index (χ4v) is 4.94. The Balaban J connectivity index is 2.15. The first-order chi connectivity index (χ1) is 13.3. The summed E-state index contributed by atoms with van der Waals surface area (Å²) < 4.78 is 33.1. The van der Waals surface area contributed by atoms with Gasteiger partial charge in [0.05, 0.1) is 23.0 Å². The van der Waals surface area contributed by atoms with E-state index in [1.165, 1.54) is 17.1 Å². The molecule has 0 aliphatic heterocycles. The lowest BCUT2D eigenvalue weighted by atomic mass is 10.1. The van der Waals surface area contributed by atoms with Gasteiger partial charge in [-0.25, -0.2) is 22.2 Å². The molecule has 7 heteroatoms. The largest absolute Gasteiger partial charge is 0.464 e. The van der Waals surface area contributed by atoms with Gasteiger partial charge < -0.3 is 4.74 Å². The van der Waals surface area contributed by atoms with E-state index >= 15 is 0 Å². The Kier molecular flexibility index (Phi) is 4.19. The van der Waals surface area contributed by atoms with E-state index in [-0.39, 0.29) is 10.6 Å². The van der Waals surface area contributed by atoms with E-state index < -0.39 is 16.0 Å². The standard InChI is InChI=1S/C21H18N2O4S/c1-13-8-10-15(11-9-13)28(25,26)23-18-7-5-4-6-16(18)20-14(2)22-17(12-19(20)23)21(24)27-3/h4-12H,1-3H3. The number of nitrogens with zero attached hydrogens (tertiary/aromatic N) is 2. The van der Waals surface area contributed by atoms with Gasteiger partial charge in [0.1, 0.15) is 0 Å². The van der Waals surface area contributed by atoms with Gasteiger partial charge in [-0.05, 0) is 38.1 Å². The molecule has 0 aliphatic rings. The number of hydrogen-bond donors (Lipinski definition) is 0. The van der Waals surface area contributed by atoms with Gasteiger partial charge in [-0.1, -0.05) is 35.9 Å². The van der Waals surface area contributed by atoms with Crippen LogP contribution < -0.4 is 0 Å². The lowest BCUT2D eigenvalue weighted by molar-refractivity contribution is 0.0594. The number of rotatable bonds is 3. The van der Waals surface area contributed by atoms with Gasteiger partial charge in [0.15, 0.2) is 5.69 Å². The number of ether oxygens (including phenoxy) is 1. The topological polar surface area (TPSA) is 78.3 Å². The number of para-hydroxylation sites is 1. The maximum Gasteiger partial charge on any atom is 0.356 e. The van der Waals surface area contributed by atoms with Crippen molar-refractivity contribution in [3.63, 3.8) is 0 Å². The molecule has 28 heavy (non-hydrogen) atoms. The summed E-state index contributed by atoms with van der Waals surface area (Å²) in [4.78, 5) is 16.5. The number of benzene rings is 2. The molecule has 0 aliphatic carbocycles. The second-order valence-electron chi connectivity index (χ2n) is 6.58. The van der Waals surface area contributed by atoms with Crippen molar-refractivity contribution in [2.24, 2.45) is 0 Å². The van der Waals surface area contributed by atoms with E-state index in [0.29, 0.717) is 22.1 Å². The molecule has 0 saturated heterocycles. The summed E-state index contributed by atoms with van der Waals surface area (Å²) in [6.45, 7) is 3.65. The molecule has 0 saturated carbocycles. The van der Waals surface area contributed by atoms with Crippen LogP contribution >= 0.6 is 0 Å². The Bertz CT molecular complexity index is 1340. The van der Waals surface area contributed by atoms with E-state index in [0.717, 1.165) is 10.9 Å².